The summed E-state index contributed by atoms with van der Waals surface area (Å²) >= 11 is 0. The van der Waals surface area contributed by atoms with E-state index in [4.69, 9.17) is 0 Å². The lowest BCUT2D eigenvalue weighted by molar-refractivity contribution is -0.109. The monoisotopic (exact) mass is 169 g/mol. The Hall–Kier alpha value is -1.32. The maximum absolute atomic E-state index is 9.81. The van der Waals surface area contributed by atoms with Crippen LogP contribution in [0.15, 0.2) is 16.9 Å². The minimum atomic E-state index is 0.456. The molecule has 4 heteroatoms. The van der Waals surface area contributed by atoms with Gasteiger partial charge in [-0.15, -0.1) is 0 Å². The average molecular weight is 169 g/mol. The fourth-order valence-corrected chi connectivity index (χ4v) is 0.623. The first-order chi connectivity index (χ1) is 5.85. The average Bonchev–Trinajstić information content (AvgIpc) is 2.11. The molecule has 0 saturated carbocycles. The second-order valence-corrected chi connectivity index (χ2v) is 2.12. The smallest absolute Gasteiger partial charge is 0.207 e. The number of nitrogens with one attached hydrogen (secondary N) is 2. The topological polar surface area (TPSA) is 53.5 Å². The molecular weight excluding hydrogens is 154 g/mol. The van der Waals surface area contributed by atoms with Gasteiger partial charge in [-0.05, 0) is 13.3 Å². The lowest BCUT2D eigenvalue weighted by atomic mass is 10.3. The van der Waals surface area contributed by atoms with Crippen LogP contribution in [-0.2, 0) is 4.79 Å². The Morgan fingerprint density at radius 2 is 2.33 bits per heavy atom. The van der Waals surface area contributed by atoms with Gasteiger partial charge in [0.05, 0.1) is 6.54 Å². The van der Waals surface area contributed by atoms with Gasteiger partial charge in [0.1, 0.15) is 0 Å². The highest BCUT2D eigenvalue weighted by Gasteiger charge is 1.85. The van der Waals surface area contributed by atoms with Crippen molar-refractivity contribution in [1.29, 1.82) is 0 Å². The van der Waals surface area contributed by atoms with Crippen LogP contribution in [0, 0.1) is 0 Å². The van der Waals surface area contributed by atoms with E-state index in [1.807, 2.05) is 19.9 Å². The summed E-state index contributed by atoms with van der Waals surface area (Å²) in [5, 5.41) is 6.35. The van der Waals surface area contributed by atoms with Crippen molar-refractivity contribution in [2.75, 3.05) is 6.54 Å². The SMILES string of the molecule is C/C=C(\CC)N/N=C/CNC=O. The van der Waals surface area contributed by atoms with E-state index in [0.29, 0.717) is 13.0 Å². The number of allylic oxidation sites excluding steroid dienone is 2. The maximum Gasteiger partial charge on any atom is 0.207 e. The molecule has 0 aliphatic carbocycles. The van der Waals surface area contributed by atoms with Crippen molar-refractivity contribution in [2.24, 2.45) is 5.10 Å². The van der Waals surface area contributed by atoms with Crippen LogP contribution in [0.4, 0.5) is 0 Å². The molecule has 4 nitrogen and oxygen atoms in total. The van der Waals surface area contributed by atoms with Crippen LogP contribution in [0.2, 0.25) is 0 Å². The summed E-state index contributed by atoms with van der Waals surface area (Å²) in [6, 6.07) is 0. The third-order valence-corrected chi connectivity index (χ3v) is 1.32. The number of rotatable bonds is 6. The van der Waals surface area contributed by atoms with Crippen molar-refractivity contribution >= 4 is 12.6 Å². The van der Waals surface area contributed by atoms with E-state index in [1.165, 1.54) is 0 Å². The van der Waals surface area contributed by atoms with Gasteiger partial charge in [-0.1, -0.05) is 13.0 Å². The molecule has 0 aromatic rings. The minimum Gasteiger partial charge on any atom is -0.354 e. The summed E-state index contributed by atoms with van der Waals surface area (Å²) in [7, 11) is 0. The Morgan fingerprint density at radius 3 is 2.83 bits per heavy atom. The standard InChI is InChI=1S/C8H15N3O/c1-3-8(4-2)11-10-6-5-9-7-12/h3,6-7,11H,4-5H2,1-2H3,(H,9,12)/b8-3+,10-6+. The number of hydrogen-bond acceptors (Lipinski definition) is 3. The lowest BCUT2D eigenvalue weighted by Crippen LogP contribution is -2.15. The summed E-state index contributed by atoms with van der Waals surface area (Å²) < 4.78 is 0. The normalized spacial score (nSPS) is 11.7. The van der Waals surface area contributed by atoms with E-state index in [2.05, 4.69) is 15.8 Å². The third kappa shape index (κ3) is 5.46. The molecule has 68 valence electrons. The first kappa shape index (κ1) is 10.7. The fourth-order valence-electron chi connectivity index (χ4n) is 0.623. The first-order valence-corrected chi connectivity index (χ1v) is 3.94. The van der Waals surface area contributed by atoms with E-state index in [1.54, 1.807) is 6.21 Å². The Labute approximate surface area is 72.7 Å². The van der Waals surface area contributed by atoms with Crippen molar-refractivity contribution in [1.82, 2.24) is 10.7 Å². The van der Waals surface area contributed by atoms with E-state index < -0.39 is 0 Å². The van der Waals surface area contributed by atoms with Crippen LogP contribution in [0.25, 0.3) is 0 Å². The molecule has 0 bridgehead atoms. The zero-order valence-electron chi connectivity index (χ0n) is 7.50. The van der Waals surface area contributed by atoms with Gasteiger partial charge in [0.25, 0.3) is 0 Å². The van der Waals surface area contributed by atoms with E-state index in [0.717, 1.165) is 12.1 Å². The Balaban J connectivity index is 3.51. The summed E-state index contributed by atoms with van der Waals surface area (Å²) in [6.45, 7) is 4.45. The molecule has 12 heavy (non-hydrogen) atoms. The predicted octanol–water partition coefficient (Wildman–Crippen LogP) is 0.622. The van der Waals surface area contributed by atoms with Crippen molar-refractivity contribution in [3.63, 3.8) is 0 Å². The van der Waals surface area contributed by atoms with Gasteiger partial charge in [0.15, 0.2) is 0 Å². The molecule has 0 unspecified atom stereocenters. The van der Waals surface area contributed by atoms with Gasteiger partial charge in [-0.3, -0.25) is 10.2 Å². The largest absolute Gasteiger partial charge is 0.354 e. The van der Waals surface area contributed by atoms with Crippen LogP contribution in [-0.4, -0.2) is 19.2 Å². The number of carbonyl (C=O) groups excluding carboxylic acids is 1. The van der Waals surface area contributed by atoms with Crippen LogP contribution in [0.1, 0.15) is 20.3 Å². The van der Waals surface area contributed by atoms with Gasteiger partial charge in [0, 0.05) is 11.9 Å². The van der Waals surface area contributed by atoms with Crippen LogP contribution in [0.3, 0.4) is 0 Å². The van der Waals surface area contributed by atoms with Gasteiger partial charge in [-0.2, -0.15) is 5.10 Å². The molecule has 0 aliphatic rings. The molecule has 0 spiro atoms. The third-order valence-electron chi connectivity index (χ3n) is 1.32. The Bertz CT molecular complexity index is 175. The molecule has 0 saturated heterocycles. The van der Waals surface area contributed by atoms with Gasteiger partial charge < -0.3 is 5.32 Å². The summed E-state index contributed by atoms with van der Waals surface area (Å²) in [5.74, 6) is 0. The second-order valence-electron chi connectivity index (χ2n) is 2.12. The highest BCUT2D eigenvalue weighted by atomic mass is 16.1. The number of hydrogen-bond donors (Lipinski definition) is 2. The highest BCUT2D eigenvalue weighted by Crippen LogP contribution is 1.92. The predicted molar refractivity (Wildman–Crippen MR) is 49.7 cm³/mol. The molecule has 1 amide bonds. The number of hydrazone groups is 1. The van der Waals surface area contributed by atoms with E-state index in [-0.39, 0.29) is 0 Å². The van der Waals surface area contributed by atoms with Crippen molar-refractivity contribution in [3.05, 3.63) is 11.8 Å². The van der Waals surface area contributed by atoms with Crippen molar-refractivity contribution in [3.8, 4) is 0 Å². The highest BCUT2D eigenvalue weighted by molar-refractivity contribution is 5.63. The van der Waals surface area contributed by atoms with Crippen molar-refractivity contribution < 1.29 is 4.79 Å². The Kier molecular flexibility index (Phi) is 6.93. The quantitative estimate of drug-likeness (QED) is 0.265. The maximum atomic E-state index is 9.81. The number of carbonyl (C=O) groups is 1. The molecule has 0 aliphatic heterocycles. The molecule has 0 atom stereocenters. The molecular formula is C8H15N3O. The minimum absolute atomic E-state index is 0.456. The van der Waals surface area contributed by atoms with Crippen molar-refractivity contribution in [2.45, 2.75) is 20.3 Å². The molecule has 0 radical (unpaired) electrons. The van der Waals surface area contributed by atoms with E-state index >= 15 is 0 Å². The fraction of sp³-hybridized carbons (Fsp3) is 0.500. The van der Waals surface area contributed by atoms with Crippen LogP contribution in [0.5, 0.6) is 0 Å². The molecule has 0 aromatic carbocycles. The summed E-state index contributed by atoms with van der Waals surface area (Å²) in [6.07, 6.45) is 5.13. The molecule has 0 aromatic heterocycles. The zero-order valence-corrected chi connectivity index (χ0v) is 7.50. The molecule has 0 heterocycles. The zero-order chi connectivity index (χ0) is 9.23. The first-order valence-electron chi connectivity index (χ1n) is 3.94. The van der Waals surface area contributed by atoms with Crippen LogP contribution >= 0.6 is 0 Å². The number of amides is 1. The number of nitrogens with zero attached hydrogens (tertiary/aromatic N) is 1. The molecule has 0 rings (SSSR count). The van der Waals surface area contributed by atoms with Gasteiger partial charge in [0.2, 0.25) is 6.41 Å². The molecule has 0 fully saturated rings. The van der Waals surface area contributed by atoms with Gasteiger partial charge >= 0.3 is 0 Å². The van der Waals surface area contributed by atoms with Gasteiger partial charge in [-0.25, -0.2) is 0 Å². The second kappa shape index (κ2) is 7.78. The summed E-state index contributed by atoms with van der Waals surface area (Å²) in [5.41, 5.74) is 3.92. The Morgan fingerprint density at radius 1 is 1.58 bits per heavy atom. The van der Waals surface area contributed by atoms with Crippen LogP contribution < -0.4 is 10.7 Å². The molecule has 2 N–H and O–H groups in total. The lowest BCUT2D eigenvalue weighted by Gasteiger charge is -2.00. The van der Waals surface area contributed by atoms with E-state index in [9.17, 15) is 4.79 Å². The summed E-state index contributed by atoms with van der Waals surface area (Å²) in [4.78, 5) is 9.81.